The predicted molar refractivity (Wildman–Crippen MR) is 134 cm³/mol. The summed E-state index contributed by atoms with van der Waals surface area (Å²) in [5.41, 5.74) is -0.772. The molecule has 2 saturated heterocycles. The molecule has 0 radical (unpaired) electrons. The number of alkyl carbamates (subject to hydrolysis) is 1. The van der Waals surface area contributed by atoms with E-state index in [0.29, 0.717) is 34.7 Å². The Morgan fingerprint density at radius 2 is 1.91 bits per heavy atom. The van der Waals surface area contributed by atoms with Gasteiger partial charge in [0.2, 0.25) is 11.9 Å². The van der Waals surface area contributed by atoms with Crippen molar-refractivity contribution in [2.75, 3.05) is 24.6 Å². The van der Waals surface area contributed by atoms with E-state index in [1.54, 1.807) is 7.05 Å². The van der Waals surface area contributed by atoms with Crippen LogP contribution < -0.4 is 15.8 Å². The predicted octanol–water partition coefficient (Wildman–Crippen LogP) is 2.29. The van der Waals surface area contributed by atoms with Gasteiger partial charge in [0.05, 0.1) is 18.8 Å². The molecule has 4 heterocycles. The SMILES string of the molecule is CC(=O)n1nc(I)c2c(=O)n(C)c(N3CCC4(CC3)CO[C@@H](C)[C@H]4NC(=O)OC(C)(C)C)nc21. The highest BCUT2D eigenvalue weighted by Crippen LogP contribution is 2.43. The second-order valence-electron chi connectivity index (χ2n) is 10.2. The van der Waals surface area contributed by atoms with Crippen molar-refractivity contribution in [3.63, 3.8) is 0 Å². The van der Waals surface area contributed by atoms with Crippen LogP contribution in [0.4, 0.5) is 10.7 Å². The Morgan fingerprint density at radius 3 is 2.50 bits per heavy atom. The first-order valence-electron chi connectivity index (χ1n) is 11.4. The molecule has 0 saturated carbocycles. The van der Waals surface area contributed by atoms with E-state index in [1.807, 2.05) is 55.2 Å². The average molecular weight is 586 g/mol. The fourth-order valence-electron chi connectivity index (χ4n) is 4.89. The number of nitrogens with one attached hydrogen (secondary N) is 1. The molecule has 34 heavy (non-hydrogen) atoms. The first kappa shape index (κ1) is 24.9. The number of piperidine rings is 1. The molecule has 0 aromatic carbocycles. The zero-order valence-corrected chi connectivity index (χ0v) is 22.5. The summed E-state index contributed by atoms with van der Waals surface area (Å²) in [7, 11) is 1.68. The molecule has 0 aliphatic carbocycles. The summed E-state index contributed by atoms with van der Waals surface area (Å²) in [4.78, 5) is 44.3. The Hall–Kier alpha value is -2.22. The molecule has 0 unspecified atom stereocenters. The number of hydrogen-bond acceptors (Lipinski definition) is 8. The maximum Gasteiger partial charge on any atom is 0.407 e. The largest absolute Gasteiger partial charge is 0.444 e. The number of aromatic nitrogens is 4. The van der Waals surface area contributed by atoms with Gasteiger partial charge in [-0.3, -0.25) is 14.2 Å². The Kier molecular flexibility index (Phi) is 6.42. The van der Waals surface area contributed by atoms with Crippen LogP contribution in [0.1, 0.15) is 52.3 Å². The van der Waals surface area contributed by atoms with Gasteiger partial charge in [0, 0.05) is 32.5 Å². The second-order valence-corrected chi connectivity index (χ2v) is 11.2. The average Bonchev–Trinajstić information content (AvgIpc) is 3.22. The summed E-state index contributed by atoms with van der Waals surface area (Å²) in [6, 6.07) is -0.176. The van der Waals surface area contributed by atoms with Crippen molar-refractivity contribution < 1.29 is 19.1 Å². The molecule has 1 amide bonds. The summed E-state index contributed by atoms with van der Waals surface area (Å²) < 4.78 is 14.6. The highest BCUT2D eigenvalue weighted by atomic mass is 127. The number of rotatable bonds is 2. The van der Waals surface area contributed by atoms with Crippen molar-refractivity contribution in [1.29, 1.82) is 0 Å². The highest BCUT2D eigenvalue weighted by molar-refractivity contribution is 14.1. The molecule has 186 valence electrons. The van der Waals surface area contributed by atoms with Gasteiger partial charge in [-0.1, -0.05) is 0 Å². The number of nitrogens with zero attached hydrogens (tertiary/aromatic N) is 5. The van der Waals surface area contributed by atoms with Gasteiger partial charge in [0.1, 0.15) is 14.7 Å². The van der Waals surface area contributed by atoms with E-state index >= 15 is 0 Å². The van der Waals surface area contributed by atoms with Gasteiger partial charge in [0.25, 0.3) is 5.56 Å². The zero-order valence-electron chi connectivity index (χ0n) is 20.3. The molecule has 2 atom stereocenters. The minimum absolute atomic E-state index is 0.134. The van der Waals surface area contributed by atoms with Gasteiger partial charge in [-0.15, -0.1) is 0 Å². The van der Waals surface area contributed by atoms with Crippen molar-refractivity contribution in [3.8, 4) is 0 Å². The van der Waals surface area contributed by atoms with Crippen LogP contribution in [0.2, 0.25) is 0 Å². The van der Waals surface area contributed by atoms with Gasteiger partial charge in [-0.25, -0.2) is 4.79 Å². The van der Waals surface area contributed by atoms with Crippen LogP contribution in [0.25, 0.3) is 11.0 Å². The molecule has 11 nitrogen and oxygen atoms in total. The van der Waals surface area contributed by atoms with Crippen LogP contribution in [0.5, 0.6) is 0 Å². The van der Waals surface area contributed by atoms with Crippen LogP contribution in [-0.4, -0.2) is 68.8 Å². The number of fused-ring (bicyclic) bond motifs is 1. The Bertz CT molecular complexity index is 1190. The Labute approximate surface area is 211 Å². The summed E-state index contributed by atoms with van der Waals surface area (Å²) in [5, 5.41) is 7.58. The number of amides is 1. The number of ether oxygens (including phenoxy) is 2. The number of halogens is 1. The van der Waals surface area contributed by atoms with Gasteiger partial charge in [-0.2, -0.15) is 14.8 Å². The monoisotopic (exact) mass is 586 g/mol. The minimum Gasteiger partial charge on any atom is -0.444 e. The fourth-order valence-corrected chi connectivity index (χ4v) is 5.58. The molecule has 2 fully saturated rings. The minimum atomic E-state index is -0.581. The highest BCUT2D eigenvalue weighted by Gasteiger charge is 2.50. The first-order chi connectivity index (χ1) is 15.8. The van der Waals surface area contributed by atoms with E-state index in [9.17, 15) is 14.4 Å². The molecule has 1 spiro atoms. The third-order valence-corrected chi connectivity index (χ3v) is 7.37. The zero-order chi connectivity index (χ0) is 25.0. The van der Waals surface area contributed by atoms with Crippen LogP contribution in [-0.2, 0) is 16.5 Å². The quantitative estimate of drug-likeness (QED) is 0.533. The smallest absolute Gasteiger partial charge is 0.407 e. The lowest BCUT2D eigenvalue weighted by molar-refractivity contribution is 0.0433. The van der Waals surface area contributed by atoms with Crippen molar-refractivity contribution in [2.45, 2.75) is 65.2 Å². The number of carbonyl (C=O) groups is 2. The van der Waals surface area contributed by atoms with Crippen molar-refractivity contribution in [3.05, 3.63) is 14.1 Å². The lowest BCUT2D eigenvalue weighted by atomic mass is 9.73. The lowest BCUT2D eigenvalue weighted by Crippen LogP contribution is -2.55. The summed E-state index contributed by atoms with van der Waals surface area (Å²) in [6.07, 6.45) is 0.910. The second kappa shape index (κ2) is 8.77. The molecule has 2 aromatic heterocycles. The molecule has 2 aliphatic heterocycles. The summed E-state index contributed by atoms with van der Waals surface area (Å²) >= 11 is 1.95. The Balaban J connectivity index is 1.58. The van der Waals surface area contributed by atoms with Crippen molar-refractivity contribution in [2.24, 2.45) is 12.5 Å². The van der Waals surface area contributed by atoms with E-state index in [2.05, 4.69) is 15.4 Å². The fraction of sp³-hybridized carbons (Fsp3) is 0.682. The van der Waals surface area contributed by atoms with Gasteiger partial charge < -0.3 is 19.7 Å². The van der Waals surface area contributed by atoms with Gasteiger partial charge >= 0.3 is 6.09 Å². The van der Waals surface area contributed by atoms with E-state index in [1.165, 1.54) is 16.2 Å². The van der Waals surface area contributed by atoms with Crippen molar-refractivity contribution in [1.82, 2.24) is 24.6 Å². The molecular weight excluding hydrogens is 555 g/mol. The number of hydrogen-bond donors (Lipinski definition) is 1. The van der Waals surface area contributed by atoms with E-state index < -0.39 is 11.7 Å². The van der Waals surface area contributed by atoms with Crippen LogP contribution in [0.3, 0.4) is 0 Å². The van der Waals surface area contributed by atoms with E-state index in [-0.39, 0.29) is 34.7 Å². The molecule has 4 rings (SSSR count). The Morgan fingerprint density at radius 1 is 1.26 bits per heavy atom. The molecule has 0 bridgehead atoms. The lowest BCUT2D eigenvalue weighted by Gasteiger charge is -2.43. The molecule has 2 aromatic rings. The molecule has 12 heteroatoms. The first-order valence-corrected chi connectivity index (χ1v) is 12.4. The van der Waals surface area contributed by atoms with Crippen molar-refractivity contribution >= 4 is 51.6 Å². The van der Waals surface area contributed by atoms with Crippen LogP contribution >= 0.6 is 22.6 Å². The van der Waals surface area contributed by atoms with E-state index in [0.717, 1.165) is 12.8 Å². The molecule has 1 N–H and O–H groups in total. The summed E-state index contributed by atoms with van der Waals surface area (Å²) in [6.45, 7) is 10.7. The maximum absolute atomic E-state index is 13.1. The van der Waals surface area contributed by atoms with Crippen LogP contribution in [0.15, 0.2) is 4.79 Å². The topological polar surface area (TPSA) is 121 Å². The summed E-state index contributed by atoms with van der Waals surface area (Å²) in [5.74, 6) is 0.195. The number of anilines is 1. The van der Waals surface area contributed by atoms with Gasteiger partial charge in [-0.05, 0) is 63.1 Å². The van der Waals surface area contributed by atoms with E-state index in [4.69, 9.17) is 9.47 Å². The maximum atomic E-state index is 13.1. The number of carbonyl (C=O) groups excluding carboxylic acids is 2. The third-order valence-electron chi connectivity index (χ3n) is 6.62. The van der Waals surface area contributed by atoms with Gasteiger partial charge in [0.15, 0.2) is 5.65 Å². The standard InChI is InChI=1S/C22H31IN6O5/c1-12-15(24-20(32)34-21(3,4)5)22(11-33-12)7-9-28(10-8-22)19-25-17-14(18(31)27(19)6)16(23)26-29(17)13(2)30/h12,15H,7-11H2,1-6H3,(H,24,32)/t12-,15+/m0/s1. The third kappa shape index (κ3) is 4.41. The normalized spacial score (nSPS) is 22.4. The van der Waals surface area contributed by atoms with Crippen LogP contribution in [0, 0.1) is 9.12 Å². The molecular formula is C22H31IN6O5. The molecule has 2 aliphatic rings.